The normalized spacial score (nSPS) is 12.0. The van der Waals surface area contributed by atoms with E-state index in [-0.39, 0.29) is 18.0 Å². The van der Waals surface area contributed by atoms with Gasteiger partial charge in [-0.2, -0.15) is 0 Å². The molecule has 1 heterocycles. The Labute approximate surface area is 126 Å². The summed E-state index contributed by atoms with van der Waals surface area (Å²) in [4.78, 5) is 25.2. The zero-order valence-electron chi connectivity index (χ0n) is 12.3. The third-order valence-corrected chi connectivity index (χ3v) is 3.61. The van der Waals surface area contributed by atoms with E-state index in [4.69, 9.17) is 0 Å². The highest BCUT2D eigenvalue weighted by Gasteiger charge is 2.19. The van der Waals surface area contributed by atoms with Gasteiger partial charge in [-0.05, 0) is 30.7 Å². The Morgan fingerprint density at radius 1 is 1.23 bits per heavy atom. The van der Waals surface area contributed by atoms with Crippen molar-refractivity contribution in [2.24, 2.45) is 0 Å². The van der Waals surface area contributed by atoms with Gasteiger partial charge in [-0.1, -0.05) is 12.1 Å². The Balaban J connectivity index is 2.14. The average molecular weight is 306 g/mol. The molecule has 0 aliphatic carbocycles. The monoisotopic (exact) mass is 306 g/mol. The van der Waals surface area contributed by atoms with Crippen molar-refractivity contribution >= 4 is 5.91 Å². The second kappa shape index (κ2) is 6.51. The minimum absolute atomic E-state index is 0.107. The van der Waals surface area contributed by atoms with Crippen LogP contribution in [-0.4, -0.2) is 22.4 Å². The quantitative estimate of drug-likeness (QED) is 0.870. The number of hydrogen-bond acceptors (Lipinski definition) is 2. The van der Waals surface area contributed by atoms with Gasteiger partial charge in [0.25, 0.3) is 5.56 Å². The first kappa shape index (κ1) is 15.9. The van der Waals surface area contributed by atoms with Crippen LogP contribution in [0.5, 0.6) is 0 Å². The van der Waals surface area contributed by atoms with Crippen LogP contribution in [0.3, 0.4) is 0 Å². The van der Waals surface area contributed by atoms with Crippen LogP contribution in [0.25, 0.3) is 0 Å². The molecular weight excluding hydrogens is 290 g/mol. The molecule has 1 aromatic carbocycles. The van der Waals surface area contributed by atoms with Crippen LogP contribution in [0.4, 0.5) is 8.78 Å². The van der Waals surface area contributed by atoms with Crippen LogP contribution < -0.4 is 5.56 Å². The lowest BCUT2D eigenvalue weighted by Crippen LogP contribution is -2.35. The van der Waals surface area contributed by atoms with Gasteiger partial charge >= 0.3 is 0 Å². The topological polar surface area (TPSA) is 42.3 Å². The Morgan fingerprint density at radius 2 is 1.95 bits per heavy atom. The molecule has 22 heavy (non-hydrogen) atoms. The molecule has 1 atom stereocenters. The lowest BCUT2D eigenvalue weighted by atomic mass is 10.1. The molecule has 6 heteroatoms. The van der Waals surface area contributed by atoms with Crippen molar-refractivity contribution < 1.29 is 13.6 Å². The Hall–Kier alpha value is -2.50. The average Bonchev–Trinajstić information content (AvgIpc) is 2.50. The predicted molar refractivity (Wildman–Crippen MR) is 78.2 cm³/mol. The fraction of sp³-hybridized carbons (Fsp3) is 0.250. The first-order valence-corrected chi connectivity index (χ1v) is 6.76. The predicted octanol–water partition coefficient (Wildman–Crippen LogP) is 2.35. The van der Waals surface area contributed by atoms with E-state index in [1.165, 1.54) is 27.8 Å². The number of benzene rings is 1. The molecule has 0 radical (unpaired) electrons. The fourth-order valence-electron chi connectivity index (χ4n) is 2.06. The lowest BCUT2D eigenvalue weighted by Gasteiger charge is -2.25. The largest absolute Gasteiger partial charge is 0.337 e. The van der Waals surface area contributed by atoms with E-state index >= 15 is 0 Å². The summed E-state index contributed by atoms with van der Waals surface area (Å²) in [5.41, 5.74) is 0.208. The van der Waals surface area contributed by atoms with Gasteiger partial charge in [-0.25, -0.2) is 8.78 Å². The molecule has 2 aromatic rings. The number of hydrogen-bond donors (Lipinski definition) is 0. The van der Waals surface area contributed by atoms with Gasteiger partial charge in [0.1, 0.15) is 6.54 Å². The molecule has 0 N–H and O–H groups in total. The van der Waals surface area contributed by atoms with E-state index < -0.39 is 17.7 Å². The summed E-state index contributed by atoms with van der Waals surface area (Å²) in [6.07, 6.45) is 1.52. The summed E-state index contributed by atoms with van der Waals surface area (Å²) in [7, 11) is 1.56. The molecule has 0 bridgehead atoms. The molecule has 1 unspecified atom stereocenters. The minimum atomic E-state index is -0.954. The third-order valence-electron chi connectivity index (χ3n) is 3.61. The fourth-order valence-corrected chi connectivity index (χ4v) is 2.06. The lowest BCUT2D eigenvalue weighted by molar-refractivity contribution is -0.132. The summed E-state index contributed by atoms with van der Waals surface area (Å²) in [5.74, 6) is -2.18. The second-order valence-electron chi connectivity index (χ2n) is 5.02. The van der Waals surface area contributed by atoms with Crippen LogP contribution in [-0.2, 0) is 11.3 Å². The van der Waals surface area contributed by atoms with Crippen molar-refractivity contribution in [1.82, 2.24) is 9.47 Å². The van der Waals surface area contributed by atoms with Gasteiger partial charge in [0, 0.05) is 19.3 Å². The first-order valence-electron chi connectivity index (χ1n) is 6.76. The maximum Gasteiger partial charge on any atom is 0.250 e. The molecule has 0 aliphatic rings. The SMILES string of the molecule is CC(c1ccc(F)c(F)c1)N(C)C(=O)Cn1ccccc1=O. The molecule has 4 nitrogen and oxygen atoms in total. The van der Waals surface area contributed by atoms with E-state index in [0.29, 0.717) is 5.56 Å². The van der Waals surface area contributed by atoms with Gasteiger partial charge in [-0.15, -0.1) is 0 Å². The highest BCUT2D eigenvalue weighted by molar-refractivity contribution is 5.76. The smallest absolute Gasteiger partial charge is 0.250 e. The number of halogens is 2. The molecule has 2 rings (SSSR count). The van der Waals surface area contributed by atoms with Gasteiger partial charge in [0.05, 0.1) is 6.04 Å². The van der Waals surface area contributed by atoms with Crippen LogP contribution >= 0.6 is 0 Å². The first-order chi connectivity index (χ1) is 10.4. The molecule has 0 saturated carbocycles. The van der Waals surface area contributed by atoms with Crippen molar-refractivity contribution in [3.8, 4) is 0 Å². The molecule has 1 amide bonds. The summed E-state index contributed by atoms with van der Waals surface area (Å²) in [6, 6.07) is 7.71. The maximum absolute atomic E-state index is 13.3. The third kappa shape index (κ3) is 3.39. The van der Waals surface area contributed by atoms with Crippen LogP contribution in [0.2, 0.25) is 0 Å². The number of carbonyl (C=O) groups excluding carboxylic acids is 1. The van der Waals surface area contributed by atoms with Crippen LogP contribution in [0, 0.1) is 11.6 Å². The van der Waals surface area contributed by atoms with Crippen molar-refractivity contribution in [3.05, 3.63) is 70.1 Å². The molecule has 116 valence electrons. The minimum Gasteiger partial charge on any atom is -0.337 e. The van der Waals surface area contributed by atoms with Crippen LogP contribution in [0.1, 0.15) is 18.5 Å². The van der Waals surface area contributed by atoms with E-state index in [9.17, 15) is 18.4 Å². The Morgan fingerprint density at radius 3 is 2.59 bits per heavy atom. The van der Waals surface area contributed by atoms with E-state index in [0.717, 1.165) is 12.1 Å². The highest BCUT2D eigenvalue weighted by atomic mass is 19.2. The number of rotatable bonds is 4. The zero-order valence-corrected chi connectivity index (χ0v) is 12.3. The van der Waals surface area contributed by atoms with Gasteiger partial charge in [-0.3, -0.25) is 9.59 Å². The number of likely N-dealkylation sites (N-methyl/N-ethyl adjacent to an activating group) is 1. The van der Waals surface area contributed by atoms with Crippen molar-refractivity contribution in [2.75, 3.05) is 7.05 Å². The van der Waals surface area contributed by atoms with Gasteiger partial charge < -0.3 is 9.47 Å². The van der Waals surface area contributed by atoms with Gasteiger partial charge in [0.15, 0.2) is 11.6 Å². The summed E-state index contributed by atoms with van der Waals surface area (Å²) in [6.45, 7) is 1.60. The molecule has 0 aliphatic heterocycles. The Bertz CT molecular complexity index is 743. The molecule has 0 spiro atoms. The number of amides is 1. The highest BCUT2D eigenvalue weighted by Crippen LogP contribution is 2.21. The number of nitrogens with zero attached hydrogens (tertiary/aromatic N) is 2. The van der Waals surface area contributed by atoms with Crippen LogP contribution in [0.15, 0.2) is 47.4 Å². The molecular formula is C16H16F2N2O2. The van der Waals surface area contributed by atoms with E-state index in [2.05, 4.69) is 0 Å². The number of pyridine rings is 1. The van der Waals surface area contributed by atoms with Crippen molar-refractivity contribution in [1.29, 1.82) is 0 Å². The zero-order chi connectivity index (χ0) is 16.3. The maximum atomic E-state index is 13.3. The number of aromatic nitrogens is 1. The van der Waals surface area contributed by atoms with Crippen molar-refractivity contribution in [2.45, 2.75) is 19.5 Å². The second-order valence-corrected chi connectivity index (χ2v) is 5.02. The Kier molecular flexibility index (Phi) is 4.70. The standard InChI is InChI=1S/C16H16F2N2O2/c1-11(12-6-7-13(17)14(18)9-12)19(2)16(22)10-20-8-4-3-5-15(20)21/h3-9,11H,10H2,1-2H3. The van der Waals surface area contributed by atoms with Gasteiger partial charge in [0.2, 0.25) is 5.91 Å². The number of carbonyl (C=O) groups is 1. The summed E-state index contributed by atoms with van der Waals surface area (Å²) >= 11 is 0. The molecule has 0 saturated heterocycles. The van der Waals surface area contributed by atoms with E-state index in [1.54, 1.807) is 26.1 Å². The molecule has 0 fully saturated rings. The van der Waals surface area contributed by atoms with E-state index in [1.807, 2.05) is 0 Å². The molecule has 1 aromatic heterocycles. The summed E-state index contributed by atoms with van der Waals surface area (Å²) in [5, 5.41) is 0. The van der Waals surface area contributed by atoms with Crippen molar-refractivity contribution in [3.63, 3.8) is 0 Å². The summed E-state index contributed by atoms with van der Waals surface area (Å²) < 4.78 is 27.5.